The number of hydrogen-bond acceptors (Lipinski definition) is 5. The molecule has 146 valence electrons. The predicted molar refractivity (Wildman–Crippen MR) is 98.8 cm³/mol. The van der Waals surface area contributed by atoms with Gasteiger partial charge < -0.3 is 14.8 Å². The van der Waals surface area contributed by atoms with E-state index in [4.69, 9.17) is 9.47 Å². The first-order valence-corrected chi connectivity index (χ1v) is 10.4. The summed E-state index contributed by atoms with van der Waals surface area (Å²) in [4.78, 5) is 12.2. The fourth-order valence-electron chi connectivity index (χ4n) is 2.74. The van der Waals surface area contributed by atoms with Crippen LogP contribution >= 0.6 is 0 Å². The molecule has 1 saturated heterocycles. The molecule has 1 fully saturated rings. The molecule has 7 nitrogen and oxygen atoms in total. The second kappa shape index (κ2) is 9.34. The van der Waals surface area contributed by atoms with Crippen LogP contribution in [0.15, 0.2) is 23.1 Å². The van der Waals surface area contributed by atoms with Crippen molar-refractivity contribution in [2.75, 3.05) is 33.4 Å². The Balaban J connectivity index is 2.16. The normalized spacial score (nSPS) is 16.9. The summed E-state index contributed by atoms with van der Waals surface area (Å²) in [7, 11) is -2.04. The zero-order valence-corrected chi connectivity index (χ0v) is 16.5. The highest BCUT2D eigenvalue weighted by molar-refractivity contribution is 7.89. The number of methoxy groups -OCH3 is 1. The van der Waals surface area contributed by atoms with Crippen LogP contribution in [-0.2, 0) is 26.0 Å². The standard InChI is InChI=1S/C18H28N2O5S/c1-4-14(2)19-18(21)8-5-15-13-16(6-7-17(15)24-3)26(22,23)20-9-11-25-12-10-20/h6-7,13-14H,4-5,8-12H2,1-3H3,(H,19,21)/t14-/m1/s1. The molecule has 0 saturated carbocycles. The van der Waals surface area contributed by atoms with Crippen molar-refractivity contribution >= 4 is 15.9 Å². The monoisotopic (exact) mass is 384 g/mol. The number of carbonyl (C=O) groups excluding carboxylic acids is 1. The number of rotatable bonds is 8. The van der Waals surface area contributed by atoms with E-state index in [1.165, 1.54) is 11.4 Å². The van der Waals surface area contributed by atoms with E-state index < -0.39 is 10.0 Å². The van der Waals surface area contributed by atoms with Crippen LogP contribution in [0, 0.1) is 0 Å². The smallest absolute Gasteiger partial charge is 0.243 e. The third kappa shape index (κ3) is 5.18. The number of morpholine rings is 1. The SMILES string of the molecule is CC[C@@H](C)NC(=O)CCc1cc(S(=O)(=O)N2CCOCC2)ccc1OC. The van der Waals surface area contributed by atoms with Gasteiger partial charge in [-0.25, -0.2) is 8.42 Å². The van der Waals surface area contributed by atoms with Crippen molar-refractivity contribution in [2.24, 2.45) is 0 Å². The molecule has 0 aliphatic carbocycles. The number of benzene rings is 1. The summed E-state index contributed by atoms with van der Waals surface area (Å²) in [5, 5.41) is 2.91. The van der Waals surface area contributed by atoms with Gasteiger partial charge in [-0.2, -0.15) is 4.31 Å². The van der Waals surface area contributed by atoms with Crippen molar-refractivity contribution in [2.45, 2.75) is 44.0 Å². The zero-order chi connectivity index (χ0) is 19.2. The van der Waals surface area contributed by atoms with E-state index in [0.717, 1.165) is 6.42 Å². The summed E-state index contributed by atoms with van der Waals surface area (Å²) < 4.78 is 37.6. The first kappa shape index (κ1) is 20.7. The van der Waals surface area contributed by atoms with Gasteiger partial charge >= 0.3 is 0 Å². The molecule has 1 heterocycles. The molecule has 26 heavy (non-hydrogen) atoms. The first-order chi connectivity index (χ1) is 12.4. The molecule has 1 aromatic rings. The maximum absolute atomic E-state index is 12.8. The minimum Gasteiger partial charge on any atom is -0.496 e. The summed E-state index contributed by atoms with van der Waals surface area (Å²) in [6.45, 7) is 5.46. The summed E-state index contributed by atoms with van der Waals surface area (Å²) in [5.41, 5.74) is 0.709. The molecule has 1 aliphatic heterocycles. The molecule has 1 N–H and O–H groups in total. The van der Waals surface area contributed by atoms with Crippen molar-refractivity contribution in [1.82, 2.24) is 9.62 Å². The van der Waals surface area contributed by atoms with E-state index >= 15 is 0 Å². The lowest BCUT2D eigenvalue weighted by Crippen LogP contribution is -2.40. The molecule has 2 rings (SSSR count). The lowest BCUT2D eigenvalue weighted by molar-refractivity contribution is -0.121. The zero-order valence-electron chi connectivity index (χ0n) is 15.7. The Hall–Kier alpha value is -1.64. The number of aryl methyl sites for hydroxylation is 1. The van der Waals surface area contributed by atoms with Gasteiger partial charge in [-0.15, -0.1) is 0 Å². The molecule has 0 radical (unpaired) electrons. The number of sulfonamides is 1. The Morgan fingerprint density at radius 3 is 2.65 bits per heavy atom. The average Bonchev–Trinajstić information content (AvgIpc) is 2.66. The number of hydrogen-bond donors (Lipinski definition) is 1. The van der Waals surface area contributed by atoms with Crippen molar-refractivity contribution < 1.29 is 22.7 Å². The van der Waals surface area contributed by atoms with E-state index in [1.807, 2.05) is 13.8 Å². The highest BCUT2D eigenvalue weighted by Gasteiger charge is 2.27. The third-order valence-electron chi connectivity index (χ3n) is 4.50. The minimum atomic E-state index is -3.57. The quantitative estimate of drug-likeness (QED) is 0.735. The van der Waals surface area contributed by atoms with Gasteiger partial charge in [0.25, 0.3) is 0 Å². The minimum absolute atomic E-state index is 0.0529. The highest BCUT2D eigenvalue weighted by Crippen LogP contribution is 2.26. The number of nitrogens with one attached hydrogen (secondary N) is 1. The van der Waals surface area contributed by atoms with Crippen molar-refractivity contribution in [3.8, 4) is 5.75 Å². The van der Waals surface area contributed by atoms with E-state index in [2.05, 4.69) is 5.32 Å². The number of amides is 1. The Bertz CT molecular complexity index is 714. The van der Waals surface area contributed by atoms with E-state index in [-0.39, 0.29) is 23.3 Å². The van der Waals surface area contributed by atoms with Crippen LogP contribution in [0.2, 0.25) is 0 Å². The molecule has 1 aromatic carbocycles. The van der Waals surface area contributed by atoms with Crippen LogP contribution in [0.5, 0.6) is 5.75 Å². The molecule has 0 bridgehead atoms. The lowest BCUT2D eigenvalue weighted by Gasteiger charge is -2.26. The highest BCUT2D eigenvalue weighted by atomic mass is 32.2. The lowest BCUT2D eigenvalue weighted by atomic mass is 10.1. The Kier molecular flexibility index (Phi) is 7.43. The van der Waals surface area contributed by atoms with Gasteiger partial charge in [-0.1, -0.05) is 6.92 Å². The fourth-order valence-corrected chi connectivity index (χ4v) is 4.20. The van der Waals surface area contributed by atoms with E-state index in [0.29, 0.717) is 44.0 Å². The van der Waals surface area contributed by atoms with Crippen molar-refractivity contribution in [3.05, 3.63) is 23.8 Å². The Morgan fingerprint density at radius 2 is 2.04 bits per heavy atom. The summed E-state index contributed by atoms with van der Waals surface area (Å²) >= 11 is 0. The van der Waals surface area contributed by atoms with Gasteiger partial charge in [-0.05, 0) is 43.5 Å². The Morgan fingerprint density at radius 1 is 1.35 bits per heavy atom. The van der Waals surface area contributed by atoms with Gasteiger partial charge in [0.1, 0.15) is 5.75 Å². The van der Waals surface area contributed by atoms with E-state index in [9.17, 15) is 13.2 Å². The first-order valence-electron chi connectivity index (χ1n) is 8.92. The van der Waals surface area contributed by atoms with Crippen LogP contribution in [0.1, 0.15) is 32.3 Å². The van der Waals surface area contributed by atoms with Crippen LogP contribution in [0.4, 0.5) is 0 Å². The second-order valence-electron chi connectivity index (χ2n) is 6.37. The van der Waals surface area contributed by atoms with Gasteiger partial charge in [0, 0.05) is 25.6 Å². The topological polar surface area (TPSA) is 84.9 Å². The van der Waals surface area contributed by atoms with Crippen LogP contribution in [0.3, 0.4) is 0 Å². The Labute approximate surface area is 155 Å². The van der Waals surface area contributed by atoms with Crippen LogP contribution in [-0.4, -0.2) is 58.1 Å². The van der Waals surface area contributed by atoms with Crippen LogP contribution < -0.4 is 10.1 Å². The maximum atomic E-state index is 12.8. The van der Waals surface area contributed by atoms with Crippen LogP contribution in [0.25, 0.3) is 0 Å². The summed E-state index contributed by atoms with van der Waals surface area (Å²) in [5.74, 6) is 0.533. The van der Waals surface area contributed by atoms with E-state index in [1.54, 1.807) is 18.2 Å². The molecular formula is C18H28N2O5S. The third-order valence-corrected chi connectivity index (χ3v) is 6.40. The molecular weight excluding hydrogens is 356 g/mol. The second-order valence-corrected chi connectivity index (χ2v) is 8.30. The van der Waals surface area contributed by atoms with Gasteiger partial charge in [0.15, 0.2) is 0 Å². The fraction of sp³-hybridized carbons (Fsp3) is 0.611. The largest absolute Gasteiger partial charge is 0.496 e. The molecule has 0 spiro atoms. The number of carbonyl (C=O) groups is 1. The summed E-state index contributed by atoms with van der Waals surface area (Å²) in [6, 6.07) is 4.93. The van der Waals surface area contributed by atoms with Gasteiger partial charge in [-0.3, -0.25) is 4.79 Å². The molecule has 8 heteroatoms. The van der Waals surface area contributed by atoms with Crippen molar-refractivity contribution in [1.29, 1.82) is 0 Å². The van der Waals surface area contributed by atoms with Gasteiger partial charge in [0.2, 0.25) is 15.9 Å². The molecule has 1 atom stereocenters. The summed E-state index contributed by atoms with van der Waals surface area (Å²) in [6.07, 6.45) is 1.56. The molecule has 1 aliphatic rings. The maximum Gasteiger partial charge on any atom is 0.243 e. The average molecular weight is 384 g/mol. The molecule has 1 amide bonds. The number of nitrogens with zero attached hydrogens (tertiary/aromatic N) is 1. The predicted octanol–water partition coefficient (Wildman–Crippen LogP) is 1.56. The molecule has 0 aromatic heterocycles. The van der Waals surface area contributed by atoms with Crippen molar-refractivity contribution in [3.63, 3.8) is 0 Å². The molecule has 0 unspecified atom stereocenters. The number of ether oxygens (including phenoxy) is 2. The van der Waals surface area contributed by atoms with Gasteiger partial charge in [0.05, 0.1) is 25.2 Å².